The van der Waals surface area contributed by atoms with E-state index in [9.17, 15) is 0 Å². The summed E-state index contributed by atoms with van der Waals surface area (Å²) in [5, 5.41) is 5.74. The van der Waals surface area contributed by atoms with Gasteiger partial charge in [0.1, 0.15) is 5.58 Å². The number of fused-ring (bicyclic) bond motifs is 7. The van der Waals surface area contributed by atoms with Gasteiger partial charge >= 0.3 is 0 Å². The molecule has 0 saturated heterocycles. The van der Waals surface area contributed by atoms with Crippen LogP contribution in [0.5, 0.6) is 0 Å². The lowest BCUT2D eigenvalue weighted by Gasteiger charge is -2.05. The highest BCUT2D eigenvalue weighted by molar-refractivity contribution is 6.24. The van der Waals surface area contributed by atoms with Crippen LogP contribution in [-0.2, 0) is 0 Å². The molecule has 0 saturated carbocycles. The summed E-state index contributed by atoms with van der Waals surface area (Å²) in [6.07, 6.45) is 1.75. The molecule has 2 aromatic heterocycles. The van der Waals surface area contributed by atoms with E-state index < -0.39 is 0 Å². The Balaban J connectivity index is 1.82. The number of hydrogen-bond acceptors (Lipinski definition) is 2. The summed E-state index contributed by atoms with van der Waals surface area (Å²) in [7, 11) is 0. The van der Waals surface area contributed by atoms with Gasteiger partial charge in [0, 0.05) is 22.5 Å². The molecule has 2 nitrogen and oxygen atoms in total. The van der Waals surface area contributed by atoms with Gasteiger partial charge in [-0.05, 0) is 45.8 Å². The normalized spacial score (nSPS) is 11.8. The van der Waals surface area contributed by atoms with Crippen LogP contribution < -0.4 is 0 Å². The fourth-order valence-corrected chi connectivity index (χ4v) is 4.14. The second kappa shape index (κ2) is 5.64. The highest BCUT2D eigenvalue weighted by atomic mass is 19.1. The predicted molar refractivity (Wildman–Crippen MR) is 112 cm³/mol. The number of benzene rings is 4. The van der Waals surface area contributed by atoms with E-state index in [0.29, 0.717) is 11.2 Å². The van der Waals surface area contributed by atoms with Crippen molar-refractivity contribution in [1.29, 1.82) is 0 Å². The Kier molecular flexibility index (Phi) is 3.09. The summed E-state index contributed by atoms with van der Waals surface area (Å²) in [5.41, 5.74) is 2.63. The largest absolute Gasteiger partial charge is 0.452 e. The number of hydrogen-bond donors (Lipinski definition) is 0. The lowest BCUT2D eigenvalue weighted by atomic mass is 9.97. The average Bonchev–Trinajstić information content (AvgIpc) is 3.15. The Morgan fingerprint density at radius 2 is 1.54 bits per heavy atom. The zero-order valence-corrected chi connectivity index (χ0v) is 14.8. The molecule has 6 aromatic rings. The molecule has 3 heteroatoms. The van der Waals surface area contributed by atoms with Crippen LogP contribution in [0, 0.1) is 5.82 Å². The highest BCUT2D eigenvalue weighted by Crippen LogP contribution is 2.41. The number of furan rings is 1. The summed E-state index contributed by atoms with van der Waals surface area (Å²) in [6.45, 7) is 0. The van der Waals surface area contributed by atoms with E-state index in [1.165, 1.54) is 0 Å². The number of para-hydroxylation sites is 1. The van der Waals surface area contributed by atoms with Crippen molar-refractivity contribution in [3.05, 3.63) is 90.9 Å². The van der Waals surface area contributed by atoms with Gasteiger partial charge in [0.05, 0.1) is 5.69 Å². The van der Waals surface area contributed by atoms with Gasteiger partial charge in [-0.3, -0.25) is 4.98 Å². The van der Waals surface area contributed by atoms with Gasteiger partial charge in [-0.15, -0.1) is 0 Å². The van der Waals surface area contributed by atoms with Crippen molar-refractivity contribution in [2.75, 3.05) is 0 Å². The molecule has 0 aliphatic rings. The Morgan fingerprint density at radius 3 is 2.43 bits per heavy atom. The summed E-state index contributed by atoms with van der Waals surface area (Å²) in [4.78, 5) is 4.44. The molecule has 2 heterocycles. The smallest absolute Gasteiger partial charge is 0.171 e. The fraction of sp³-hybridized carbons (Fsp3) is 0. The van der Waals surface area contributed by atoms with Crippen LogP contribution in [-0.4, -0.2) is 4.98 Å². The Bertz CT molecular complexity index is 1520. The first kappa shape index (κ1) is 15.3. The molecule has 0 aliphatic heterocycles. The maximum atomic E-state index is 15.1. The van der Waals surface area contributed by atoms with E-state index in [1.807, 2.05) is 60.7 Å². The monoisotopic (exact) mass is 363 g/mol. The summed E-state index contributed by atoms with van der Waals surface area (Å²) >= 11 is 0. The van der Waals surface area contributed by atoms with Crippen molar-refractivity contribution in [2.45, 2.75) is 0 Å². The van der Waals surface area contributed by atoms with Crippen molar-refractivity contribution in [3.8, 4) is 11.3 Å². The fourth-order valence-electron chi connectivity index (χ4n) is 4.14. The first-order valence-electron chi connectivity index (χ1n) is 9.18. The van der Waals surface area contributed by atoms with Crippen LogP contribution >= 0.6 is 0 Å². The SMILES string of the molecule is Fc1cc2c3ccccc3ccc2c2c1oc1c(-c3ccccn3)cccc12. The Morgan fingerprint density at radius 1 is 0.679 bits per heavy atom. The third kappa shape index (κ3) is 2.04. The zero-order chi connectivity index (χ0) is 18.7. The van der Waals surface area contributed by atoms with Gasteiger partial charge in [0.15, 0.2) is 11.4 Å². The van der Waals surface area contributed by atoms with Crippen LogP contribution in [0.15, 0.2) is 89.5 Å². The van der Waals surface area contributed by atoms with Crippen molar-refractivity contribution in [2.24, 2.45) is 0 Å². The molecule has 0 fully saturated rings. The summed E-state index contributed by atoms with van der Waals surface area (Å²) < 4.78 is 21.2. The molecule has 6 rings (SSSR count). The lowest BCUT2D eigenvalue weighted by molar-refractivity contribution is 0.586. The van der Waals surface area contributed by atoms with Crippen LogP contribution in [0.25, 0.3) is 54.7 Å². The minimum Gasteiger partial charge on any atom is -0.452 e. The van der Waals surface area contributed by atoms with Crippen molar-refractivity contribution in [1.82, 2.24) is 4.98 Å². The molecular weight excluding hydrogens is 349 g/mol. The maximum absolute atomic E-state index is 15.1. The average molecular weight is 363 g/mol. The maximum Gasteiger partial charge on any atom is 0.171 e. The quantitative estimate of drug-likeness (QED) is 0.291. The molecule has 28 heavy (non-hydrogen) atoms. The molecule has 0 N–H and O–H groups in total. The number of nitrogens with zero attached hydrogens (tertiary/aromatic N) is 1. The topological polar surface area (TPSA) is 26.0 Å². The first-order chi connectivity index (χ1) is 13.8. The molecule has 0 aliphatic carbocycles. The van der Waals surface area contributed by atoms with Crippen molar-refractivity contribution in [3.63, 3.8) is 0 Å². The van der Waals surface area contributed by atoms with Crippen molar-refractivity contribution < 1.29 is 8.81 Å². The van der Waals surface area contributed by atoms with Crippen molar-refractivity contribution >= 4 is 43.5 Å². The zero-order valence-electron chi connectivity index (χ0n) is 14.8. The number of aromatic nitrogens is 1. The Labute approximate surface area is 159 Å². The summed E-state index contributed by atoms with van der Waals surface area (Å²) in [5.74, 6) is -0.345. The first-order valence-corrected chi connectivity index (χ1v) is 9.18. The molecule has 0 radical (unpaired) electrons. The predicted octanol–water partition coefficient (Wildman–Crippen LogP) is 7.09. The van der Waals surface area contributed by atoms with Crippen LogP contribution in [0.1, 0.15) is 0 Å². The highest BCUT2D eigenvalue weighted by Gasteiger charge is 2.18. The van der Waals surface area contributed by atoms with E-state index >= 15 is 4.39 Å². The molecule has 132 valence electrons. The number of pyridine rings is 1. The molecule has 4 aromatic carbocycles. The molecule has 0 spiro atoms. The summed E-state index contributed by atoms with van der Waals surface area (Å²) in [6, 6.07) is 25.4. The molecule has 0 atom stereocenters. The van der Waals surface area contributed by atoms with Gasteiger partial charge in [-0.25, -0.2) is 4.39 Å². The van der Waals surface area contributed by atoms with Gasteiger partial charge in [-0.1, -0.05) is 54.6 Å². The van der Waals surface area contributed by atoms with E-state index in [0.717, 1.165) is 43.6 Å². The van der Waals surface area contributed by atoms with Crippen LogP contribution in [0.4, 0.5) is 4.39 Å². The molecule has 0 amide bonds. The minimum atomic E-state index is -0.345. The van der Waals surface area contributed by atoms with E-state index in [2.05, 4.69) is 17.1 Å². The second-order valence-corrected chi connectivity index (χ2v) is 6.94. The van der Waals surface area contributed by atoms with Gasteiger partial charge < -0.3 is 4.42 Å². The number of rotatable bonds is 1. The lowest BCUT2D eigenvalue weighted by Crippen LogP contribution is -1.83. The van der Waals surface area contributed by atoms with Gasteiger partial charge in [0.2, 0.25) is 0 Å². The molecule has 0 unspecified atom stereocenters. The van der Waals surface area contributed by atoms with E-state index in [4.69, 9.17) is 4.42 Å². The molecule has 0 bridgehead atoms. The van der Waals surface area contributed by atoms with Crippen LogP contribution in [0.3, 0.4) is 0 Å². The number of halogens is 1. The Hall–Kier alpha value is -3.72. The third-order valence-electron chi connectivity index (χ3n) is 5.38. The standard InChI is InChI=1S/C25H14FNO/c26-21-14-20-16-7-2-1-6-15(16)11-12-17(20)23-19-9-5-8-18(24(19)28-25(21)23)22-10-3-4-13-27-22/h1-14H. The molecular formula is C25H14FNO. The van der Waals surface area contributed by atoms with Gasteiger partial charge in [0.25, 0.3) is 0 Å². The van der Waals surface area contributed by atoms with Gasteiger partial charge in [-0.2, -0.15) is 0 Å². The third-order valence-corrected chi connectivity index (χ3v) is 5.38. The second-order valence-electron chi connectivity index (χ2n) is 6.94. The van der Waals surface area contributed by atoms with Crippen LogP contribution in [0.2, 0.25) is 0 Å². The minimum absolute atomic E-state index is 0.293. The van der Waals surface area contributed by atoms with E-state index in [1.54, 1.807) is 12.3 Å². The van der Waals surface area contributed by atoms with E-state index in [-0.39, 0.29) is 5.82 Å².